The minimum Gasteiger partial charge on any atom is -0.351 e. The van der Waals surface area contributed by atoms with Crippen molar-refractivity contribution in [2.24, 2.45) is 5.92 Å². The van der Waals surface area contributed by atoms with Crippen molar-refractivity contribution >= 4 is 27.3 Å². The minimum atomic E-state index is -4.52. The van der Waals surface area contributed by atoms with Crippen molar-refractivity contribution in [2.45, 2.75) is 30.5 Å². The number of alkyl halides is 3. The van der Waals surface area contributed by atoms with E-state index in [2.05, 4.69) is 5.32 Å². The fourth-order valence-electron chi connectivity index (χ4n) is 3.06. The Bertz CT molecular complexity index is 903. The Morgan fingerprint density at radius 2 is 1.79 bits per heavy atom. The number of nitrogens with zero attached hydrogens (tertiary/aromatic N) is 1. The number of amides is 1. The molecular formula is C18H19F3N2O3S2. The molecule has 0 radical (unpaired) electrons. The van der Waals surface area contributed by atoms with Crippen LogP contribution in [-0.2, 0) is 27.5 Å². The molecule has 1 saturated heterocycles. The molecule has 1 aromatic carbocycles. The fourth-order valence-corrected chi connectivity index (χ4v) is 5.17. The van der Waals surface area contributed by atoms with E-state index < -0.39 is 21.8 Å². The molecule has 152 valence electrons. The van der Waals surface area contributed by atoms with Gasteiger partial charge in [0, 0.05) is 23.9 Å². The highest BCUT2D eigenvalue weighted by Crippen LogP contribution is 2.31. The highest BCUT2D eigenvalue weighted by Gasteiger charge is 2.34. The Morgan fingerprint density at radius 3 is 2.32 bits per heavy atom. The molecule has 0 unspecified atom stereocenters. The van der Waals surface area contributed by atoms with E-state index in [1.165, 1.54) is 4.31 Å². The largest absolute Gasteiger partial charge is 0.416 e. The first kappa shape index (κ1) is 20.8. The standard InChI is InChI=1S/C18H19F3N2O3S2/c19-18(20,21)14-3-5-16(6-4-14)28(25,26)23-9-7-13(8-10-23)17(24)22-12-15-2-1-11-27-15/h1-6,11,13H,7-10,12H2,(H,22,24). The topological polar surface area (TPSA) is 66.5 Å². The lowest BCUT2D eigenvalue weighted by Gasteiger charge is -2.30. The fraction of sp³-hybridized carbons (Fsp3) is 0.389. The van der Waals surface area contributed by atoms with Gasteiger partial charge in [-0.05, 0) is 48.6 Å². The second kappa shape index (κ2) is 8.22. The van der Waals surface area contributed by atoms with Gasteiger partial charge in [0.05, 0.1) is 17.0 Å². The quantitative estimate of drug-likeness (QED) is 0.787. The number of thiophene rings is 1. The molecule has 1 N–H and O–H groups in total. The van der Waals surface area contributed by atoms with E-state index in [-0.39, 0.29) is 29.8 Å². The summed E-state index contributed by atoms with van der Waals surface area (Å²) in [7, 11) is -3.89. The highest BCUT2D eigenvalue weighted by atomic mass is 32.2. The molecule has 28 heavy (non-hydrogen) atoms. The van der Waals surface area contributed by atoms with Crippen molar-refractivity contribution in [3.63, 3.8) is 0 Å². The van der Waals surface area contributed by atoms with Crippen LogP contribution in [0.3, 0.4) is 0 Å². The van der Waals surface area contributed by atoms with Gasteiger partial charge in [-0.2, -0.15) is 17.5 Å². The molecule has 1 aliphatic heterocycles. The van der Waals surface area contributed by atoms with E-state index in [1.54, 1.807) is 11.3 Å². The van der Waals surface area contributed by atoms with Crippen molar-refractivity contribution in [1.82, 2.24) is 9.62 Å². The first-order valence-electron chi connectivity index (χ1n) is 8.65. The second-order valence-electron chi connectivity index (χ2n) is 6.50. The zero-order valence-corrected chi connectivity index (χ0v) is 16.4. The van der Waals surface area contributed by atoms with Crippen LogP contribution in [0.25, 0.3) is 0 Å². The molecule has 2 heterocycles. The average molecular weight is 432 g/mol. The van der Waals surface area contributed by atoms with Crippen LogP contribution >= 0.6 is 11.3 Å². The van der Waals surface area contributed by atoms with E-state index in [1.807, 2.05) is 17.5 Å². The van der Waals surface area contributed by atoms with Gasteiger partial charge in [0.2, 0.25) is 15.9 Å². The van der Waals surface area contributed by atoms with Gasteiger partial charge in [0.1, 0.15) is 0 Å². The van der Waals surface area contributed by atoms with Crippen LogP contribution in [0.5, 0.6) is 0 Å². The summed E-state index contributed by atoms with van der Waals surface area (Å²) in [4.78, 5) is 13.1. The van der Waals surface area contributed by atoms with Gasteiger partial charge >= 0.3 is 6.18 Å². The molecule has 1 amide bonds. The highest BCUT2D eigenvalue weighted by molar-refractivity contribution is 7.89. The number of benzene rings is 1. The van der Waals surface area contributed by atoms with Crippen LogP contribution in [0.2, 0.25) is 0 Å². The number of carbonyl (C=O) groups excluding carboxylic acids is 1. The van der Waals surface area contributed by atoms with Crippen LogP contribution in [-0.4, -0.2) is 31.7 Å². The Labute approximate surface area is 165 Å². The monoisotopic (exact) mass is 432 g/mol. The average Bonchev–Trinajstić information content (AvgIpc) is 3.19. The van der Waals surface area contributed by atoms with Gasteiger partial charge in [0.25, 0.3) is 0 Å². The lowest BCUT2D eigenvalue weighted by molar-refractivity contribution is -0.137. The predicted molar refractivity (Wildman–Crippen MR) is 99.1 cm³/mol. The van der Waals surface area contributed by atoms with Crippen LogP contribution in [0.1, 0.15) is 23.3 Å². The number of nitrogens with one attached hydrogen (secondary N) is 1. The third-order valence-corrected chi connectivity index (χ3v) is 7.45. The Hall–Kier alpha value is -1.91. The Kier molecular flexibility index (Phi) is 6.11. The Balaban J connectivity index is 1.58. The number of halogens is 3. The molecule has 3 rings (SSSR count). The molecule has 5 nitrogen and oxygen atoms in total. The van der Waals surface area contributed by atoms with Crippen LogP contribution in [0, 0.1) is 5.92 Å². The van der Waals surface area contributed by atoms with E-state index in [9.17, 15) is 26.4 Å². The van der Waals surface area contributed by atoms with Gasteiger partial charge in [-0.25, -0.2) is 8.42 Å². The maximum atomic E-state index is 12.7. The summed E-state index contributed by atoms with van der Waals surface area (Å²) >= 11 is 1.54. The SMILES string of the molecule is O=C(NCc1cccs1)C1CCN(S(=O)(=O)c2ccc(C(F)(F)F)cc2)CC1. The molecule has 0 saturated carbocycles. The molecule has 1 aromatic heterocycles. The molecule has 1 aliphatic rings. The summed E-state index contributed by atoms with van der Waals surface area (Å²) in [6.45, 7) is 0.751. The zero-order chi connectivity index (χ0) is 20.4. The normalized spacial score (nSPS) is 16.8. The number of hydrogen-bond donors (Lipinski definition) is 1. The second-order valence-corrected chi connectivity index (χ2v) is 9.47. The van der Waals surface area contributed by atoms with E-state index in [4.69, 9.17) is 0 Å². The van der Waals surface area contributed by atoms with Crippen molar-refractivity contribution in [1.29, 1.82) is 0 Å². The molecule has 0 atom stereocenters. The van der Waals surface area contributed by atoms with Gasteiger partial charge in [-0.1, -0.05) is 6.07 Å². The molecule has 2 aromatic rings. The number of sulfonamides is 1. The molecular weight excluding hydrogens is 413 g/mol. The first-order valence-corrected chi connectivity index (χ1v) is 11.0. The van der Waals surface area contributed by atoms with E-state index >= 15 is 0 Å². The first-order chi connectivity index (χ1) is 13.2. The smallest absolute Gasteiger partial charge is 0.351 e. The van der Waals surface area contributed by atoms with Crippen molar-refractivity contribution < 1.29 is 26.4 Å². The van der Waals surface area contributed by atoms with Gasteiger partial charge in [-0.3, -0.25) is 4.79 Å². The third kappa shape index (κ3) is 4.73. The van der Waals surface area contributed by atoms with Crippen LogP contribution in [0.4, 0.5) is 13.2 Å². The third-order valence-electron chi connectivity index (χ3n) is 4.66. The van der Waals surface area contributed by atoms with Gasteiger partial charge in [-0.15, -0.1) is 11.3 Å². The molecule has 10 heteroatoms. The number of carbonyl (C=O) groups is 1. The lowest BCUT2D eigenvalue weighted by Crippen LogP contribution is -2.42. The zero-order valence-electron chi connectivity index (χ0n) is 14.8. The van der Waals surface area contributed by atoms with Crippen molar-refractivity contribution in [2.75, 3.05) is 13.1 Å². The summed E-state index contributed by atoms with van der Waals surface area (Å²) in [6.07, 6.45) is -3.77. The van der Waals surface area contributed by atoms with Crippen LogP contribution < -0.4 is 5.32 Å². The van der Waals surface area contributed by atoms with E-state index in [0.29, 0.717) is 19.4 Å². The van der Waals surface area contributed by atoms with Crippen molar-refractivity contribution in [3.05, 3.63) is 52.2 Å². The molecule has 0 aliphatic carbocycles. The lowest BCUT2D eigenvalue weighted by atomic mass is 9.97. The predicted octanol–water partition coefficient (Wildman–Crippen LogP) is 3.48. The molecule has 0 bridgehead atoms. The summed E-state index contributed by atoms with van der Waals surface area (Å²) in [6, 6.07) is 7.28. The van der Waals surface area contributed by atoms with Crippen LogP contribution in [0.15, 0.2) is 46.7 Å². The molecule has 0 spiro atoms. The molecule has 1 fully saturated rings. The number of piperidine rings is 1. The van der Waals surface area contributed by atoms with Gasteiger partial charge < -0.3 is 5.32 Å². The number of rotatable bonds is 5. The maximum Gasteiger partial charge on any atom is 0.416 e. The van der Waals surface area contributed by atoms with E-state index in [0.717, 1.165) is 29.1 Å². The summed E-state index contributed by atoms with van der Waals surface area (Å²) in [5.74, 6) is -0.390. The summed E-state index contributed by atoms with van der Waals surface area (Å²) in [5.41, 5.74) is -0.896. The van der Waals surface area contributed by atoms with Crippen molar-refractivity contribution in [3.8, 4) is 0 Å². The summed E-state index contributed by atoms with van der Waals surface area (Å²) in [5, 5.41) is 4.78. The van der Waals surface area contributed by atoms with Gasteiger partial charge in [0.15, 0.2) is 0 Å². The Morgan fingerprint density at radius 1 is 1.14 bits per heavy atom. The maximum absolute atomic E-state index is 12.7. The summed E-state index contributed by atoms with van der Waals surface area (Å²) < 4.78 is 64.5. The minimum absolute atomic E-state index is 0.111. The number of hydrogen-bond acceptors (Lipinski definition) is 4.